The van der Waals surface area contributed by atoms with Crippen LogP contribution >= 0.6 is 0 Å². The summed E-state index contributed by atoms with van der Waals surface area (Å²) in [4.78, 5) is 24.0. The van der Waals surface area contributed by atoms with Crippen molar-refractivity contribution in [3.63, 3.8) is 0 Å². The number of nitrogens with one attached hydrogen (secondary N) is 1. The largest absolute Gasteiger partial charge is 0.506 e. The van der Waals surface area contributed by atoms with Crippen molar-refractivity contribution in [3.05, 3.63) is 76.1 Å². The molecule has 0 aliphatic carbocycles. The Morgan fingerprint density at radius 3 is 2.57 bits per heavy atom. The normalized spacial score (nSPS) is 11.0. The fourth-order valence-electron chi connectivity index (χ4n) is 2.09. The molecule has 6 heteroatoms. The molecule has 0 bridgehead atoms. The number of amides is 1. The molecule has 0 aliphatic heterocycles. The minimum absolute atomic E-state index is 0.208. The zero-order chi connectivity index (χ0) is 16.2. The number of carbonyl (C=O) groups is 1. The first-order valence-electron chi connectivity index (χ1n) is 6.80. The lowest BCUT2D eigenvalue weighted by atomic mass is 10.1. The summed E-state index contributed by atoms with van der Waals surface area (Å²) in [7, 11) is 0. The molecule has 0 aliphatic rings. The molecule has 0 saturated carbocycles. The Labute approximate surface area is 130 Å². The lowest BCUT2D eigenvalue weighted by molar-refractivity contribution is 0.0949. The van der Waals surface area contributed by atoms with Crippen molar-refractivity contribution in [2.24, 2.45) is 5.10 Å². The van der Waals surface area contributed by atoms with Crippen LogP contribution in [0, 0.1) is 0 Å². The van der Waals surface area contributed by atoms with Crippen molar-refractivity contribution < 1.29 is 14.3 Å². The van der Waals surface area contributed by atoms with Crippen molar-refractivity contribution in [3.8, 4) is 5.75 Å². The van der Waals surface area contributed by atoms with Gasteiger partial charge >= 0.3 is 5.63 Å². The lowest BCUT2D eigenvalue weighted by Gasteiger charge is -2.04. The molecule has 3 aromatic rings. The molecule has 114 valence electrons. The minimum Gasteiger partial charge on any atom is -0.506 e. The summed E-state index contributed by atoms with van der Waals surface area (Å²) in [6.07, 6.45) is 1.43. The summed E-state index contributed by atoms with van der Waals surface area (Å²) >= 11 is 0. The van der Waals surface area contributed by atoms with E-state index in [1.54, 1.807) is 30.3 Å². The number of fused-ring (bicyclic) bond motifs is 1. The lowest BCUT2D eigenvalue weighted by Crippen LogP contribution is -2.24. The van der Waals surface area contributed by atoms with Gasteiger partial charge < -0.3 is 9.52 Å². The Hall–Kier alpha value is -3.41. The molecular formula is C17H12N2O4. The predicted molar refractivity (Wildman–Crippen MR) is 85.7 cm³/mol. The van der Waals surface area contributed by atoms with Gasteiger partial charge in [0.1, 0.15) is 11.3 Å². The van der Waals surface area contributed by atoms with E-state index in [2.05, 4.69) is 10.5 Å². The number of nitrogens with zero attached hydrogens (tertiary/aromatic N) is 1. The van der Waals surface area contributed by atoms with Gasteiger partial charge in [-0.25, -0.2) is 10.2 Å². The van der Waals surface area contributed by atoms with Crippen molar-refractivity contribution in [2.45, 2.75) is 0 Å². The molecule has 0 saturated heterocycles. The van der Waals surface area contributed by atoms with E-state index in [1.807, 2.05) is 18.2 Å². The first-order chi connectivity index (χ1) is 11.2. The first-order valence-corrected chi connectivity index (χ1v) is 6.80. The van der Waals surface area contributed by atoms with Crippen LogP contribution in [0.2, 0.25) is 0 Å². The molecule has 0 spiro atoms. The van der Waals surface area contributed by atoms with E-state index in [-0.39, 0.29) is 11.0 Å². The molecule has 1 heterocycles. The highest BCUT2D eigenvalue weighted by atomic mass is 16.4. The molecular weight excluding hydrogens is 296 g/mol. The van der Waals surface area contributed by atoms with Crippen molar-refractivity contribution in [1.29, 1.82) is 0 Å². The van der Waals surface area contributed by atoms with E-state index >= 15 is 0 Å². The summed E-state index contributed by atoms with van der Waals surface area (Å²) < 4.78 is 5.03. The van der Waals surface area contributed by atoms with Crippen molar-refractivity contribution in [2.75, 3.05) is 0 Å². The van der Waals surface area contributed by atoms with Crippen LogP contribution in [0.4, 0.5) is 0 Å². The summed E-state index contributed by atoms with van der Waals surface area (Å²) in [5.41, 5.74) is 1.79. The molecule has 6 nitrogen and oxygen atoms in total. The third kappa shape index (κ3) is 2.96. The van der Waals surface area contributed by atoms with Gasteiger partial charge in [0.05, 0.1) is 11.6 Å². The van der Waals surface area contributed by atoms with Gasteiger partial charge in [-0.2, -0.15) is 5.10 Å². The van der Waals surface area contributed by atoms with E-state index in [4.69, 9.17) is 4.42 Å². The van der Waals surface area contributed by atoms with Crippen LogP contribution < -0.4 is 11.1 Å². The number of carbonyl (C=O) groups excluding carboxylic acids is 1. The fourth-order valence-corrected chi connectivity index (χ4v) is 2.09. The van der Waals surface area contributed by atoms with E-state index in [0.717, 1.165) is 5.56 Å². The third-order valence-corrected chi connectivity index (χ3v) is 3.19. The molecule has 0 radical (unpaired) electrons. The van der Waals surface area contributed by atoms with Gasteiger partial charge in [-0.15, -0.1) is 0 Å². The van der Waals surface area contributed by atoms with Gasteiger partial charge in [-0.3, -0.25) is 4.79 Å². The Balaban J connectivity index is 1.89. The number of rotatable bonds is 3. The van der Waals surface area contributed by atoms with Crippen LogP contribution in [0.5, 0.6) is 5.75 Å². The number of hydrazone groups is 1. The second-order valence-electron chi connectivity index (χ2n) is 4.72. The van der Waals surface area contributed by atoms with Crippen LogP contribution in [-0.2, 0) is 0 Å². The zero-order valence-corrected chi connectivity index (χ0v) is 11.9. The molecule has 0 atom stereocenters. The van der Waals surface area contributed by atoms with Crippen LogP contribution in [0.1, 0.15) is 15.9 Å². The second-order valence-corrected chi connectivity index (χ2v) is 4.72. The van der Waals surface area contributed by atoms with E-state index in [0.29, 0.717) is 0 Å². The standard InChI is InChI=1S/C17H12N2O4/c20-15-12-8-4-5-9-13(12)23-17(22)14(15)16(21)19-18-10-11-6-2-1-3-7-11/h1-10,20H,(H,19,21)/b18-10-. The number of hydrogen-bond acceptors (Lipinski definition) is 5. The number of hydrogen-bond donors (Lipinski definition) is 2. The molecule has 23 heavy (non-hydrogen) atoms. The first kappa shape index (κ1) is 14.5. The predicted octanol–water partition coefficient (Wildman–Crippen LogP) is 2.26. The van der Waals surface area contributed by atoms with E-state index in [1.165, 1.54) is 12.3 Å². The van der Waals surface area contributed by atoms with Crippen LogP contribution in [0.15, 0.2) is 68.9 Å². The molecule has 0 unspecified atom stereocenters. The van der Waals surface area contributed by atoms with Gasteiger partial charge in [-0.05, 0) is 17.7 Å². The summed E-state index contributed by atoms with van der Waals surface area (Å²) in [6.45, 7) is 0. The molecule has 2 N–H and O–H groups in total. The number of para-hydroxylation sites is 1. The second kappa shape index (κ2) is 6.15. The maximum absolute atomic E-state index is 12.1. The van der Waals surface area contributed by atoms with Crippen LogP contribution in [0.3, 0.4) is 0 Å². The third-order valence-electron chi connectivity index (χ3n) is 3.19. The van der Waals surface area contributed by atoms with Crippen LogP contribution in [-0.4, -0.2) is 17.2 Å². The smallest absolute Gasteiger partial charge is 0.353 e. The van der Waals surface area contributed by atoms with Gasteiger partial charge in [0.2, 0.25) is 0 Å². The highest BCUT2D eigenvalue weighted by Crippen LogP contribution is 2.25. The number of benzene rings is 2. The Kier molecular flexibility index (Phi) is 3.88. The monoisotopic (exact) mass is 308 g/mol. The van der Waals surface area contributed by atoms with Crippen molar-refractivity contribution >= 4 is 23.1 Å². The maximum Gasteiger partial charge on any atom is 0.353 e. The van der Waals surface area contributed by atoms with E-state index in [9.17, 15) is 14.7 Å². The fraction of sp³-hybridized carbons (Fsp3) is 0. The minimum atomic E-state index is -0.923. The van der Waals surface area contributed by atoms with Crippen molar-refractivity contribution in [1.82, 2.24) is 5.43 Å². The Morgan fingerprint density at radius 2 is 1.78 bits per heavy atom. The molecule has 3 rings (SSSR count). The Bertz CT molecular complexity index is 946. The molecule has 0 fully saturated rings. The molecule has 2 aromatic carbocycles. The van der Waals surface area contributed by atoms with Gasteiger partial charge in [-0.1, -0.05) is 42.5 Å². The van der Waals surface area contributed by atoms with Crippen LogP contribution in [0.25, 0.3) is 11.0 Å². The SMILES string of the molecule is O=C(N/N=C\c1ccccc1)c1c(O)c2ccccc2oc1=O. The molecule has 1 amide bonds. The highest BCUT2D eigenvalue weighted by Gasteiger charge is 2.20. The topological polar surface area (TPSA) is 91.9 Å². The Morgan fingerprint density at radius 1 is 1.09 bits per heavy atom. The van der Waals surface area contributed by atoms with Gasteiger partial charge in [0.15, 0.2) is 5.56 Å². The maximum atomic E-state index is 12.1. The number of aromatic hydroxyl groups is 1. The summed E-state index contributed by atoms with van der Waals surface area (Å²) in [6, 6.07) is 15.5. The van der Waals surface area contributed by atoms with E-state index < -0.39 is 22.8 Å². The summed E-state index contributed by atoms with van der Waals surface area (Å²) in [5.74, 6) is -1.27. The highest BCUT2D eigenvalue weighted by molar-refractivity contribution is 6.01. The van der Waals surface area contributed by atoms with Gasteiger partial charge in [0.25, 0.3) is 5.91 Å². The quantitative estimate of drug-likeness (QED) is 0.441. The average Bonchev–Trinajstić information content (AvgIpc) is 2.56. The zero-order valence-electron chi connectivity index (χ0n) is 11.9. The average molecular weight is 308 g/mol. The summed E-state index contributed by atoms with van der Waals surface area (Å²) in [5, 5.41) is 14.2. The molecule has 1 aromatic heterocycles. The van der Waals surface area contributed by atoms with Gasteiger partial charge in [0, 0.05) is 0 Å².